The third-order valence-corrected chi connectivity index (χ3v) is 4.28. The first-order valence-corrected chi connectivity index (χ1v) is 8.63. The summed E-state index contributed by atoms with van der Waals surface area (Å²) in [6.45, 7) is 1.44. The summed E-state index contributed by atoms with van der Waals surface area (Å²) in [6, 6.07) is 11.1. The number of carbonyl (C=O) groups excluding carboxylic acids is 1. The van der Waals surface area contributed by atoms with E-state index in [0.717, 1.165) is 30.4 Å². The summed E-state index contributed by atoms with van der Waals surface area (Å²) < 4.78 is 5.57. The number of fused-ring (bicyclic) bond motifs is 1. The highest BCUT2D eigenvalue weighted by Crippen LogP contribution is 2.21. The Kier molecular flexibility index (Phi) is 4.70. The molecule has 7 heteroatoms. The average Bonchev–Trinajstić information content (AvgIpc) is 3.20. The molecule has 0 aliphatic carbocycles. The summed E-state index contributed by atoms with van der Waals surface area (Å²) in [6.07, 6.45) is 5.56. The third-order valence-electron chi connectivity index (χ3n) is 4.28. The van der Waals surface area contributed by atoms with Crippen molar-refractivity contribution in [1.29, 1.82) is 0 Å². The molecule has 1 saturated heterocycles. The van der Waals surface area contributed by atoms with E-state index in [4.69, 9.17) is 4.74 Å². The highest BCUT2D eigenvalue weighted by molar-refractivity contribution is 6.07. The van der Waals surface area contributed by atoms with Crippen LogP contribution in [0.4, 0.5) is 11.6 Å². The molecule has 1 fully saturated rings. The van der Waals surface area contributed by atoms with Gasteiger partial charge in [-0.25, -0.2) is 9.97 Å². The minimum absolute atomic E-state index is 0.179. The Morgan fingerprint density at radius 1 is 1.15 bits per heavy atom. The number of hydrogen-bond donors (Lipinski definition) is 2. The van der Waals surface area contributed by atoms with Gasteiger partial charge in [0.1, 0.15) is 5.69 Å². The highest BCUT2D eigenvalue weighted by Gasteiger charge is 2.16. The molecule has 1 aromatic carbocycles. The predicted molar refractivity (Wildman–Crippen MR) is 99.2 cm³/mol. The maximum Gasteiger partial charge on any atom is 0.274 e. The molecule has 3 heterocycles. The van der Waals surface area contributed by atoms with Crippen LogP contribution in [0, 0.1) is 0 Å². The van der Waals surface area contributed by atoms with Crippen molar-refractivity contribution in [2.45, 2.75) is 18.9 Å². The Bertz CT molecular complexity index is 919. The number of aromatic nitrogens is 3. The number of nitrogens with zero attached hydrogens (tertiary/aromatic N) is 3. The molecule has 2 aromatic heterocycles. The lowest BCUT2D eigenvalue weighted by molar-refractivity contribution is 0.102. The van der Waals surface area contributed by atoms with E-state index in [9.17, 15) is 4.79 Å². The fourth-order valence-electron chi connectivity index (χ4n) is 2.97. The van der Waals surface area contributed by atoms with Crippen molar-refractivity contribution >= 4 is 28.4 Å². The quantitative estimate of drug-likeness (QED) is 0.736. The molecule has 3 aromatic rings. The zero-order chi connectivity index (χ0) is 17.8. The summed E-state index contributed by atoms with van der Waals surface area (Å²) >= 11 is 0. The normalized spacial score (nSPS) is 16.5. The van der Waals surface area contributed by atoms with Gasteiger partial charge in [0.2, 0.25) is 5.95 Å². The lowest BCUT2D eigenvalue weighted by atomic mass is 10.2. The summed E-state index contributed by atoms with van der Waals surface area (Å²) in [5.41, 5.74) is 1.69. The first-order chi connectivity index (χ1) is 12.8. The number of benzene rings is 1. The Labute approximate surface area is 150 Å². The van der Waals surface area contributed by atoms with Gasteiger partial charge in [0, 0.05) is 30.9 Å². The van der Waals surface area contributed by atoms with Crippen molar-refractivity contribution in [2.24, 2.45) is 0 Å². The second-order valence-electron chi connectivity index (χ2n) is 6.12. The van der Waals surface area contributed by atoms with E-state index in [2.05, 4.69) is 25.6 Å². The van der Waals surface area contributed by atoms with Crippen LogP contribution in [0.25, 0.3) is 10.9 Å². The zero-order valence-electron chi connectivity index (χ0n) is 14.2. The van der Waals surface area contributed by atoms with Crippen LogP contribution in [-0.2, 0) is 4.74 Å². The number of hydrogen-bond acceptors (Lipinski definition) is 6. The van der Waals surface area contributed by atoms with Gasteiger partial charge in [-0.3, -0.25) is 9.78 Å². The summed E-state index contributed by atoms with van der Waals surface area (Å²) in [5.74, 6) is 0.120. The molecule has 1 aliphatic heterocycles. The van der Waals surface area contributed by atoms with Crippen LogP contribution in [-0.4, -0.2) is 40.1 Å². The Hall–Kier alpha value is -3.06. The maximum atomic E-state index is 12.6. The maximum absolute atomic E-state index is 12.6. The molecule has 2 N–H and O–H groups in total. The molecule has 1 unspecified atom stereocenters. The SMILES string of the molecule is O=C(Nc1cccc2cccnc12)c1ccnc(NCC2CCCO2)n1. The minimum Gasteiger partial charge on any atom is -0.376 e. The smallest absolute Gasteiger partial charge is 0.274 e. The van der Waals surface area contributed by atoms with Crippen molar-refractivity contribution in [3.63, 3.8) is 0 Å². The molecule has 1 atom stereocenters. The number of ether oxygens (including phenoxy) is 1. The van der Waals surface area contributed by atoms with Gasteiger partial charge in [-0.05, 0) is 31.0 Å². The van der Waals surface area contributed by atoms with Gasteiger partial charge in [0.25, 0.3) is 5.91 Å². The van der Waals surface area contributed by atoms with Gasteiger partial charge in [-0.1, -0.05) is 18.2 Å². The van der Waals surface area contributed by atoms with Gasteiger partial charge in [0.05, 0.1) is 17.3 Å². The average molecular weight is 349 g/mol. The molecule has 4 rings (SSSR count). The Morgan fingerprint density at radius 3 is 2.96 bits per heavy atom. The fourth-order valence-corrected chi connectivity index (χ4v) is 2.97. The third kappa shape index (κ3) is 3.62. The first-order valence-electron chi connectivity index (χ1n) is 8.63. The molecule has 0 spiro atoms. The van der Waals surface area contributed by atoms with Crippen LogP contribution < -0.4 is 10.6 Å². The van der Waals surface area contributed by atoms with Gasteiger partial charge in [-0.2, -0.15) is 0 Å². The number of amides is 1. The van der Waals surface area contributed by atoms with E-state index in [1.54, 1.807) is 18.5 Å². The molecule has 1 aliphatic rings. The van der Waals surface area contributed by atoms with Gasteiger partial charge in [-0.15, -0.1) is 0 Å². The number of pyridine rings is 1. The molecule has 26 heavy (non-hydrogen) atoms. The molecule has 132 valence electrons. The van der Waals surface area contributed by atoms with Crippen LogP contribution in [0.15, 0.2) is 48.8 Å². The number of carbonyl (C=O) groups is 1. The van der Waals surface area contributed by atoms with Crippen molar-refractivity contribution in [3.05, 3.63) is 54.5 Å². The van der Waals surface area contributed by atoms with Gasteiger partial charge < -0.3 is 15.4 Å². The van der Waals surface area contributed by atoms with Crippen LogP contribution in [0.1, 0.15) is 23.3 Å². The minimum atomic E-state index is -0.300. The van der Waals surface area contributed by atoms with Crippen LogP contribution in [0.5, 0.6) is 0 Å². The van der Waals surface area contributed by atoms with Gasteiger partial charge >= 0.3 is 0 Å². The van der Waals surface area contributed by atoms with Crippen molar-refractivity contribution in [3.8, 4) is 0 Å². The van der Waals surface area contributed by atoms with Crippen LogP contribution in [0.3, 0.4) is 0 Å². The van der Waals surface area contributed by atoms with Crippen molar-refractivity contribution in [1.82, 2.24) is 15.0 Å². The number of para-hydroxylation sites is 1. The van der Waals surface area contributed by atoms with E-state index in [1.807, 2.05) is 30.3 Å². The topological polar surface area (TPSA) is 89.0 Å². The number of nitrogens with one attached hydrogen (secondary N) is 2. The lowest BCUT2D eigenvalue weighted by Gasteiger charge is -2.11. The Morgan fingerprint density at radius 2 is 2.08 bits per heavy atom. The van der Waals surface area contributed by atoms with E-state index in [0.29, 0.717) is 23.9 Å². The monoisotopic (exact) mass is 349 g/mol. The van der Waals surface area contributed by atoms with E-state index >= 15 is 0 Å². The zero-order valence-corrected chi connectivity index (χ0v) is 14.2. The summed E-state index contributed by atoms with van der Waals surface area (Å²) in [4.78, 5) is 25.4. The van der Waals surface area contributed by atoms with Crippen molar-refractivity contribution < 1.29 is 9.53 Å². The molecular formula is C19H19N5O2. The molecule has 0 radical (unpaired) electrons. The summed E-state index contributed by atoms with van der Waals surface area (Å²) in [7, 11) is 0. The highest BCUT2D eigenvalue weighted by atomic mass is 16.5. The second-order valence-corrected chi connectivity index (χ2v) is 6.12. The van der Waals surface area contributed by atoms with Crippen LogP contribution >= 0.6 is 0 Å². The molecule has 7 nitrogen and oxygen atoms in total. The molecule has 1 amide bonds. The van der Waals surface area contributed by atoms with Crippen molar-refractivity contribution in [2.75, 3.05) is 23.8 Å². The molecule has 0 bridgehead atoms. The first kappa shape index (κ1) is 16.4. The number of rotatable bonds is 5. The largest absolute Gasteiger partial charge is 0.376 e. The predicted octanol–water partition coefficient (Wildman–Crippen LogP) is 2.87. The molecule has 0 saturated carbocycles. The van der Waals surface area contributed by atoms with Crippen LogP contribution in [0.2, 0.25) is 0 Å². The summed E-state index contributed by atoms with van der Waals surface area (Å²) in [5, 5.41) is 6.98. The standard InChI is InChI=1S/C19H19N5O2/c25-18(23-15-7-1-4-13-5-2-9-20-17(13)15)16-8-10-21-19(24-16)22-12-14-6-3-11-26-14/h1-2,4-5,7-10,14H,3,6,11-12H2,(H,23,25)(H,21,22,24). The van der Waals surface area contributed by atoms with E-state index < -0.39 is 0 Å². The fraction of sp³-hybridized carbons (Fsp3) is 0.263. The Balaban J connectivity index is 1.48. The number of anilines is 2. The molecular weight excluding hydrogens is 330 g/mol. The van der Waals surface area contributed by atoms with E-state index in [1.165, 1.54) is 0 Å². The lowest BCUT2D eigenvalue weighted by Crippen LogP contribution is -2.21. The second kappa shape index (κ2) is 7.45. The van der Waals surface area contributed by atoms with E-state index in [-0.39, 0.29) is 12.0 Å². The van der Waals surface area contributed by atoms with Gasteiger partial charge in [0.15, 0.2) is 0 Å².